The molecule has 0 radical (unpaired) electrons. The number of alkyl halides is 3. The van der Waals surface area contributed by atoms with Crippen molar-refractivity contribution >= 4 is 46.4 Å². The number of carboxylic acids is 1. The molecule has 1 saturated carbocycles. The number of anilines is 1. The number of aromatic nitrogens is 2. The molecule has 1 aliphatic rings. The maximum absolute atomic E-state index is 14.1. The van der Waals surface area contributed by atoms with Crippen LogP contribution in [0.25, 0.3) is 11.3 Å². The van der Waals surface area contributed by atoms with Gasteiger partial charge in [-0.3, -0.25) is 0 Å². The van der Waals surface area contributed by atoms with E-state index in [2.05, 4.69) is 9.36 Å². The number of benzene rings is 2. The summed E-state index contributed by atoms with van der Waals surface area (Å²) in [5.41, 5.74) is 1.56. The SMILES string of the molecule is CN(Cc1ccc(C(=O)O)cc1)c1cnc(OCc2c(-c3c(Cl)cccc3Cl)nsc2C2CC2)cc1C(F)(F)F. The van der Waals surface area contributed by atoms with Crippen LogP contribution in [0.1, 0.15) is 50.7 Å². The first-order valence-corrected chi connectivity index (χ1v) is 13.7. The Balaban J connectivity index is 1.41. The quantitative estimate of drug-likeness (QED) is 0.206. The second-order valence-corrected chi connectivity index (χ2v) is 11.0. The van der Waals surface area contributed by atoms with E-state index in [0.29, 0.717) is 32.8 Å². The minimum Gasteiger partial charge on any atom is -0.478 e. The van der Waals surface area contributed by atoms with Crippen LogP contribution in [-0.2, 0) is 19.3 Å². The molecule has 1 aliphatic carbocycles. The molecule has 0 unspecified atom stereocenters. The molecule has 208 valence electrons. The highest BCUT2D eigenvalue weighted by molar-refractivity contribution is 7.06. The summed E-state index contributed by atoms with van der Waals surface area (Å²) in [5.74, 6) is -0.937. The fraction of sp³-hybridized carbons (Fsp3) is 0.250. The van der Waals surface area contributed by atoms with Gasteiger partial charge in [0.25, 0.3) is 0 Å². The maximum Gasteiger partial charge on any atom is 0.418 e. The van der Waals surface area contributed by atoms with Crippen LogP contribution in [0, 0.1) is 0 Å². The second-order valence-electron chi connectivity index (χ2n) is 9.43. The first-order chi connectivity index (χ1) is 19.0. The molecule has 0 amide bonds. The molecule has 4 aromatic rings. The van der Waals surface area contributed by atoms with Crippen molar-refractivity contribution in [2.75, 3.05) is 11.9 Å². The Bertz CT molecular complexity index is 1540. The van der Waals surface area contributed by atoms with Crippen LogP contribution < -0.4 is 9.64 Å². The van der Waals surface area contributed by atoms with Crippen LogP contribution in [0.15, 0.2) is 54.7 Å². The molecule has 0 saturated heterocycles. The number of hydrogen-bond acceptors (Lipinski definition) is 6. The van der Waals surface area contributed by atoms with Crippen LogP contribution in [0.3, 0.4) is 0 Å². The minimum atomic E-state index is -4.67. The standard InChI is InChI=1S/C28H22Cl2F3N3O3S/c1-36(13-15-5-7-17(8-6-15)27(37)38)22-12-34-23(11-19(22)28(31,32)33)39-14-18-25(35-40-26(18)16-9-10-16)24-20(29)3-2-4-21(24)30/h2-8,11-12,16H,9-10,13-14H2,1H3,(H,37,38). The van der Waals surface area contributed by atoms with Crippen molar-refractivity contribution < 1.29 is 27.8 Å². The number of nitrogens with zero attached hydrogens (tertiary/aromatic N) is 3. The predicted octanol–water partition coefficient (Wildman–Crippen LogP) is 8.32. The lowest BCUT2D eigenvalue weighted by atomic mass is 10.0. The second kappa shape index (κ2) is 11.3. The van der Waals surface area contributed by atoms with E-state index in [4.69, 9.17) is 33.0 Å². The summed E-state index contributed by atoms with van der Waals surface area (Å²) in [6.07, 6.45) is -1.54. The van der Waals surface area contributed by atoms with Gasteiger partial charge >= 0.3 is 12.1 Å². The van der Waals surface area contributed by atoms with E-state index in [1.165, 1.54) is 35.6 Å². The van der Waals surface area contributed by atoms with Crippen molar-refractivity contribution in [3.63, 3.8) is 0 Å². The van der Waals surface area contributed by atoms with Crippen molar-refractivity contribution in [3.05, 3.63) is 91.9 Å². The van der Waals surface area contributed by atoms with Crippen molar-refractivity contribution in [3.8, 4) is 17.1 Å². The van der Waals surface area contributed by atoms with Crippen molar-refractivity contribution in [2.24, 2.45) is 0 Å². The van der Waals surface area contributed by atoms with Gasteiger partial charge in [-0.2, -0.15) is 17.5 Å². The molecule has 2 heterocycles. The molecule has 6 nitrogen and oxygen atoms in total. The van der Waals surface area contributed by atoms with Crippen LogP contribution in [0.4, 0.5) is 18.9 Å². The fourth-order valence-electron chi connectivity index (χ4n) is 4.35. The van der Waals surface area contributed by atoms with E-state index < -0.39 is 17.7 Å². The van der Waals surface area contributed by atoms with Crippen molar-refractivity contribution in [1.29, 1.82) is 0 Å². The number of rotatable bonds is 9. The zero-order valence-corrected chi connectivity index (χ0v) is 23.3. The van der Waals surface area contributed by atoms with Gasteiger partial charge in [-0.25, -0.2) is 9.78 Å². The Labute approximate surface area is 242 Å². The molecule has 5 rings (SSSR count). The summed E-state index contributed by atoms with van der Waals surface area (Å²) < 4.78 is 52.8. The van der Waals surface area contributed by atoms with E-state index in [9.17, 15) is 18.0 Å². The van der Waals surface area contributed by atoms with Gasteiger partial charge in [0, 0.05) is 35.7 Å². The number of carbonyl (C=O) groups is 1. The number of halogens is 5. The predicted molar refractivity (Wildman–Crippen MR) is 149 cm³/mol. The van der Waals surface area contributed by atoms with Crippen LogP contribution in [-0.4, -0.2) is 27.5 Å². The Kier molecular flexibility index (Phi) is 7.94. The van der Waals surface area contributed by atoms with E-state index in [0.717, 1.165) is 35.5 Å². The highest BCUT2D eigenvalue weighted by Gasteiger charge is 2.36. The summed E-state index contributed by atoms with van der Waals surface area (Å²) in [4.78, 5) is 17.7. The number of carboxylic acid groups (broad SMARTS) is 1. The summed E-state index contributed by atoms with van der Waals surface area (Å²) in [6, 6.07) is 12.0. The topological polar surface area (TPSA) is 75.6 Å². The molecule has 2 aromatic carbocycles. The fourth-order valence-corrected chi connectivity index (χ4v) is 5.96. The van der Waals surface area contributed by atoms with E-state index in [-0.39, 0.29) is 30.3 Å². The molecular formula is C28H22Cl2F3N3O3S. The molecule has 1 N–H and O–H groups in total. The maximum atomic E-state index is 14.1. The van der Waals surface area contributed by atoms with Crippen molar-refractivity contribution in [1.82, 2.24) is 9.36 Å². The van der Waals surface area contributed by atoms with Gasteiger partial charge in [0.1, 0.15) is 6.61 Å². The number of ether oxygens (including phenoxy) is 1. The molecule has 0 atom stereocenters. The number of hydrogen-bond donors (Lipinski definition) is 1. The van der Waals surface area contributed by atoms with Crippen LogP contribution in [0.2, 0.25) is 10.0 Å². The Morgan fingerprint density at radius 2 is 1.82 bits per heavy atom. The Morgan fingerprint density at radius 1 is 1.15 bits per heavy atom. The third-order valence-electron chi connectivity index (χ3n) is 6.53. The van der Waals surface area contributed by atoms with Gasteiger partial charge in [0.15, 0.2) is 0 Å². The van der Waals surface area contributed by atoms with Gasteiger partial charge in [-0.15, -0.1) is 0 Å². The Hall–Kier alpha value is -3.34. The normalized spacial score (nSPS) is 13.3. The van der Waals surface area contributed by atoms with Crippen LogP contribution in [0.5, 0.6) is 5.88 Å². The van der Waals surface area contributed by atoms with Crippen molar-refractivity contribution in [2.45, 2.75) is 38.1 Å². The average Bonchev–Trinajstić information content (AvgIpc) is 3.67. The molecule has 2 aromatic heterocycles. The minimum absolute atomic E-state index is 0.0470. The highest BCUT2D eigenvalue weighted by Crippen LogP contribution is 2.48. The summed E-state index contributed by atoms with van der Waals surface area (Å²) in [6.45, 7) is 0.0623. The lowest BCUT2D eigenvalue weighted by Crippen LogP contribution is -2.21. The zero-order valence-electron chi connectivity index (χ0n) is 21.0. The summed E-state index contributed by atoms with van der Waals surface area (Å²) in [7, 11) is 1.51. The molecule has 1 fully saturated rings. The molecule has 12 heteroatoms. The molecule has 40 heavy (non-hydrogen) atoms. The van der Waals surface area contributed by atoms with Gasteiger partial charge in [0.05, 0.1) is 38.8 Å². The van der Waals surface area contributed by atoms with E-state index >= 15 is 0 Å². The molecule has 0 spiro atoms. The molecular weight excluding hydrogens is 586 g/mol. The monoisotopic (exact) mass is 607 g/mol. The molecule has 0 bridgehead atoms. The average molecular weight is 608 g/mol. The lowest BCUT2D eigenvalue weighted by Gasteiger charge is -2.24. The highest BCUT2D eigenvalue weighted by atomic mass is 35.5. The van der Waals surface area contributed by atoms with Gasteiger partial charge < -0.3 is 14.7 Å². The van der Waals surface area contributed by atoms with Crippen LogP contribution >= 0.6 is 34.7 Å². The van der Waals surface area contributed by atoms with Gasteiger partial charge in [0.2, 0.25) is 5.88 Å². The molecule has 0 aliphatic heterocycles. The third kappa shape index (κ3) is 6.04. The largest absolute Gasteiger partial charge is 0.478 e. The van der Waals surface area contributed by atoms with E-state index in [1.54, 1.807) is 30.3 Å². The van der Waals surface area contributed by atoms with Gasteiger partial charge in [-0.1, -0.05) is 41.4 Å². The smallest absolute Gasteiger partial charge is 0.418 e. The lowest BCUT2D eigenvalue weighted by molar-refractivity contribution is -0.137. The van der Waals surface area contributed by atoms with Gasteiger partial charge in [-0.05, 0) is 60.1 Å². The summed E-state index contributed by atoms with van der Waals surface area (Å²) >= 11 is 14.2. The zero-order chi connectivity index (χ0) is 28.6. The third-order valence-corrected chi connectivity index (χ3v) is 8.21. The first kappa shape index (κ1) is 28.2. The number of aromatic carboxylic acids is 1. The number of pyridine rings is 1. The van der Waals surface area contributed by atoms with E-state index in [1.807, 2.05) is 0 Å². The first-order valence-electron chi connectivity index (χ1n) is 12.2. The Morgan fingerprint density at radius 3 is 2.42 bits per heavy atom. The summed E-state index contributed by atoms with van der Waals surface area (Å²) in [5, 5.41) is 9.90.